The Bertz CT molecular complexity index is 1330. The fourth-order valence-electron chi connectivity index (χ4n) is 3.87. The third kappa shape index (κ3) is 6.08. The molecule has 178 valence electrons. The van der Waals surface area contributed by atoms with Crippen LogP contribution in [0.3, 0.4) is 0 Å². The molecule has 4 rings (SSSR count). The van der Waals surface area contributed by atoms with E-state index in [9.17, 15) is 4.79 Å². The zero-order valence-electron chi connectivity index (χ0n) is 19.8. The van der Waals surface area contributed by atoms with Gasteiger partial charge in [0.1, 0.15) is 23.8 Å². The van der Waals surface area contributed by atoms with Crippen LogP contribution >= 0.6 is 15.9 Å². The van der Waals surface area contributed by atoms with Crippen LogP contribution in [0.4, 0.5) is 0 Å². The Hall–Kier alpha value is -3.64. The predicted molar refractivity (Wildman–Crippen MR) is 142 cm³/mol. The number of para-hydroxylation sites is 1. The summed E-state index contributed by atoms with van der Waals surface area (Å²) < 4.78 is 14.2. The summed E-state index contributed by atoms with van der Waals surface area (Å²) in [6, 6.07) is 24.2. The molecule has 35 heavy (non-hydrogen) atoms. The lowest BCUT2D eigenvalue weighted by Gasteiger charge is -2.14. The summed E-state index contributed by atoms with van der Waals surface area (Å²) in [4.78, 5) is 12.8. The molecule has 0 saturated heterocycles. The summed E-state index contributed by atoms with van der Waals surface area (Å²) in [5.74, 6) is 1.47. The summed E-state index contributed by atoms with van der Waals surface area (Å²) >= 11 is 3.41. The van der Waals surface area contributed by atoms with Crippen molar-refractivity contribution in [2.45, 2.75) is 26.5 Å². The van der Waals surface area contributed by atoms with E-state index in [-0.39, 0.29) is 5.78 Å². The lowest BCUT2D eigenvalue weighted by Crippen LogP contribution is -2.07. The van der Waals surface area contributed by atoms with Gasteiger partial charge in [-0.25, -0.2) is 0 Å². The van der Waals surface area contributed by atoms with E-state index in [1.54, 1.807) is 30.1 Å². The average Bonchev–Trinajstić information content (AvgIpc) is 3.28. The molecule has 3 aromatic carbocycles. The molecule has 0 unspecified atom stereocenters. The third-order valence-electron chi connectivity index (χ3n) is 5.65. The van der Waals surface area contributed by atoms with Crippen LogP contribution in [0.2, 0.25) is 0 Å². The van der Waals surface area contributed by atoms with Gasteiger partial charge in [0, 0.05) is 18.5 Å². The molecule has 4 aromatic rings. The third-order valence-corrected chi connectivity index (χ3v) is 6.23. The van der Waals surface area contributed by atoms with Gasteiger partial charge >= 0.3 is 0 Å². The second-order valence-corrected chi connectivity index (χ2v) is 8.84. The topological polar surface area (TPSA) is 53.4 Å². The van der Waals surface area contributed by atoms with Gasteiger partial charge in [-0.1, -0.05) is 60.7 Å². The lowest BCUT2D eigenvalue weighted by molar-refractivity contribution is 0.103. The number of carbonyl (C=O) groups is 1. The van der Waals surface area contributed by atoms with E-state index in [4.69, 9.17) is 9.47 Å². The minimum absolute atomic E-state index is 0.111. The van der Waals surface area contributed by atoms with Crippen molar-refractivity contribution in [1.82, 2.24) is 9.78 Å². The number of aryl methyl sites for hydroxylation is 1. The summed E-state index contributed by atoms with van der Waals surface area (Å²) in [6.07, 6.45) is 5.80. The number of benzene rings is 3. The van der Waals surface area contributed by atoms with Gasteiger partial charge in [-0.2, -0.15) is 5.10 Å². The molecule has 0 radical (unpaired) electrons. The quantitative estimate of drug-likeness (QED) is 0.168. The van der Waals surface area contributed by atoms with Crippen LogP contribution in [0.15, 0.2) is 89.5 Å². The number of methoxy groups -OCH3 is 1. The number of halogens is 1. The molecule has 0 atom stereocenters. The fraction of sp³-hybridized carbons (Fsp3) is 0.172. The summed E-state index contributed by atoms with van der Waals surface area (Å²) in [5.41, 5.74) is 4.67. The van der Waals surface area contributed by atoms with Gasteiger partial charge in [0.05, 0.1) is 17.8 Å². The maximum Gasteiger partial charge on any atom is 0.205 e. The molecule has 0 aliphatic heterocycles. The zero-order valence-corrected chi connectivity index (χ0v) is 21.4. The Balaban J connectivity index is 1.51. The molecule has 0 N–H and O–H groups in total. The number of rotatable bonds is 10. The first-order valence-electron chi connectivity index (χ1n) is 11.4. The zero-order chi connectivity index (χ0) is 24.6. The number of hydrogen-bond donors (Lipinski definition) is 0. The van der Waals surface area contributed by atoms with Gasteiger partial charge in [-0.15, -0.1) is 0 Å². The lowest BCUT2D eigenvalue weighted by atomic mass is 10.0. The number of ketones is 1. The predicted octanol–water partition coefficient (Wildman–Crippen LogP) is 6.74. The summed E-state index contributed by atoms with van der Waals surface area (Å²) in [6.45, 7) is 2.92. The van der Waals surface area contributed by atoms with Gasteiger partial charge < -0.3 is 9.47 Å². The molecular weight excluding hydrogens is 504 g/mol. The molecule has 5 nitrogen and oxygen atoms in total. The Morgan fingerprint density at radius 1 is 1.00 bits per heavy atom. The second-order valence-electron chi connectivity index (χ2n) is 7.98. The highest BCUT2D eigenvalue weighted by Gasteiger charge is 2.14. The van der Waals surface area contributed by atoms with Crippen LogP contribution in [0.1, 0.15) is 39.7 Å². The molecule has 1 heterocycles. The first kappa shape index (κ1) is 24.5. The second kappa shape index (κ2) is 11.7. The molecule has 0 fully saturated rings. The van der Waals surface area contributed by atoms with Crippen molar-refractivity contribution in [3.05, 3.63) is 117 Å². The van der Waals surface area contributed by atoms with Crippen LogP contribution in [0.25, 0.3) is 6.08 Å². The summed E-state index contributed by atoms with van der Waals surface area (Å²) in [7, 11) is 1.64. The van der Waals surface area contributed by atoms with E-state index >= 15 is 0 Å². The maximum absolute atomic E-state index is 12.8. The Morgan fingerprint density at radius 2 is 1.77 bits per heavy atom. The van der Waals surface area contributed by atoms with Gasteiger partial charge in [0.25, 0.3) is 0 Å². The van der Waals surface area contributed by atoms with Gasteiger partial charge in [0.2, 0.25) is 5.78 Å². The number of ether oxygens (including phenoxy) is 2. The van der Waals surface area contributed by atoms with Crippen molar-refractivity contribution in [2.24, 2.45) is 0 Å². The Kier molecular flexibility index (Phi) is 8.16. The Labute approximate surface area is 214 Å². The molecule has 0 amide bonds. The smallest absolute Gasteiger partial charge is 0.205 e. The minimum atomic E-state index is -0.111. The van der Waals surface area contributed by atoms with Crippen LogP contribution < -0.4 is 9.47 Å². The van der Waals surface area contributed by atoms with Crippen LogP contribution in [0.5, 0.6) is 11.5 Å². The van der Waals surface area contributed by atoms with Crippen molar-refractivity contribution >= 4 is 27.8 Å². The molecular formula is C29H27BrN2O3. The molecule has 6 heteroatoms. The number of allylic oxidation sites excluding steroid dienone is 1. The van der Waals surface area contributed by atoms with Gasteiger partial charge in [-0.3, -0.25) is 9.48 Å². The number of carbonyl (C=O) groups excluding carboxylic acids is 1. The normalized spacial score (nSPS) is 11.1. The van der Waals surface area contributed by atoms with E-state index in [0.29, 0.717) is 23.3 Å². The van der Waals surface area contributed by atoms with Crippen molar-refractivity contribution in [3.63, 3.8) is 0 Å². The van der Waals surface area contributed by atoms with Crippen molar-refractivity contribution in [3.8, 4) is 11.5 Å². The molecule has 1 aromatic heterocycles. The van der Waals surface area contributed by atoms with E-state index < -0.39 is 0 Å². The molecule has 0 aliphatic carbocycles. The molecule has 0 aliphatic rings. The number of hydrogen-bond acceptors (Lipinski definition) is 4. The highest BCUT2D eigenvalue weighted by atomic mass is 79.9. The first-order chi connectivity index (χ1) is 17.1. The average molecular weight is 531 g/mol. The maximum atomic E-state index is 12.8. The highest BCUT2D eigenvalue weighted by molar-refractivity contribution is 9.10. The van der Waals surface area contributed by atoms with Crippen molar-refractivity contribution < 1.29 is 14.3 Å². The largest absolute Gasteiger partial charge is 0.496 e. The van der Waals surface area contributed by atoms with Crippen LogP contribution in [0, 0.1) is 0 Å². The number of aromatic nitrogens is 2. The van der Waals surface area contributed by atoms with Crippen molar-refractivity contribution in [1.29, 1.82) is 0 Å². The first-order valence-corrected chi connectivity index (χ1v) is 12.2. The van der Waals surface area contributed by atoms with E-state index in [1.165, 1.54) is 5.56 Å². The van der Waals surface area contributed by atoms with Gasteiger partial charge in [-0.05, 0) is 63.8 Å². The minimum Gasteiger partial charge on any atom is -0.496 e. The fourth-order valence-corrected chi connectivity index (χ4v) is 4.37. The molecule has 0 spiro atoms. The van der Waals surface area contributed by atoms with Crippen LogP contribution in [-0.2, 0) is 19.6 Å². The molecule has 0 saturated carbocycles. The van der Waals surface area contributed by atoms with Gasteiger partial charge in [0.15, 0.2) is 0 Å². The molecule has 0 bridgehead atoms. The van der Waals surface area contributed by atoms with E-state index in [2.05, 4.69) is 39.2 Å². The van der Waals surface area contributed by atoms with E-state index in [0.717, 1.165) is 34.6 Å². The summed E-state index contributed by atoms with van der Waals surface area (Å²) in [5, 5.41) is 4.22. The van der Waals surface area contributed by atoms with Crippen LogP contribution in [-0.4, -0.2) is 22.7 Å². The van der Waals surface area contributed by atoms with Crippen molar-refractivity contribution in [2.75, 3.05) is 7.11 Å². The Morgan fingerprint density at radius 3 is 2.54 bits per heavy atom. The monoisotopic (exact) mass is 530 g/mol. The standard InChI is InChI=1S/C29H27BrN2O3/c1-3-32-29(25(30)19-31-32)26(33)15-13-22-14-16-27(34-2)24(18-22)20-35-28-12-8-7-11-23(28)17-21-9-5-4-6-10-21/h4-16,18-19H,3,17,20H2,1-2H3/b15-13+. The number of nitrogens with zero attached hydrogens (tertiary/aromatic N) is 2. The highest BCUT2D eigenvalue weighted by Crippen LogP contribution is 2.26. The van der Waals surface area contributed by atoms with E-state index in [1.807, 2.05) is 61.5 Å². The SMILES string of the molecule is CCn1ncc(Br)c1C(=O)/C=C/c1ccc(OC)c(COc2ccccc2Cc2ccccc2)c1.